The molecule has 25 heavy (non-hydrogen) atoms. The second kappa shape index (κ2) is 6.96. The largest absolute Gasteiger partial charge is 0.454 e. The van der Waals surface area contributed by atoms with Crippen molar-refractivity contribution in [2.75, 3.05) is 24.8 Å². The van der Waals surface area contributed by atoms with Gasteiger partial charge in [0.25, 0.3) is 5.91 Å². The monoisotopic (exact) mass is 340 g/mol. The summed E-state index contributed by atoms with van der Waals surface area (Å²) in [5.41, 5.74) is 1.33. The van der Waals surface area contributed by atoms with E-state index in [0.29, 0.717) is 18.0 Å². The molecule has 0 atom stereocenters. The maximum atomic E-state index is 12.4. The van der Waals surface area contributed by atoms with Crippen LogP contribution in [0.1, 0.15) is 35.3 Å². The Morgan fingerprint density at radius 3 is 2.80 bits per heavy atom. The molecule has 0 saturated carbocycles. The normalized spacial score (nSPS) is 15.9. The minimum Gasteiger partial charge on any atom is -0.454 e. The third-order valence-corrected chi connectivity index (χ3v) is 4.46. The topological polar surface area (TPSA) is 76.6 Å². The van der Waals surface area contributed by atoms with Crippen LogP contribution in [0.15, 0.2) is 30.6 Å². The van der Waals surface area contributed by atoms with E-state index in [4.69, 9.17) is 9.47 Å². The first-order chi connectivity index (χ1) is 12.3. The average molecular weight is 340 g/mol. The van der Waals surface area contributed by atoms with Crippen molar-refractivity contribution in [1.82, 2.24) is 15.3 Å². The van der Waals surface area contributed by atoms with Gasteiger partial charge in [-0.3, -0.25) is 4.79 Å². The highest BCUT2D eigenvalue weighted by molar-refractivity contribution is 5.92. The number of aromatic nitrogens is 2. The second-order valence-corrected chi connectivity index (χ2v) is 6.18. The number of rotatable bonds is 4. The van der Waals surface area contributed by atoms with Crippen LogP contribution in [-0.4, -0.2) is 35.8 Å². The van der Waals surface area contributed by atoms with E-state index in [1.165, 1.54) is 12.7 Å². The fourth-order valence-corrected chi connectivity index (χ4v) is 3.09. The molecule has 2 aliphatic rings. The van der Waals surface area contributed by atoms with Gasteiger partial charge in [0.05, 0.1) is 0 Å². The van der Waals surface area contributed by atoms with E-state index in [-0.39, 0.29) is 12.7 Å². The highest BCUT2D eigenvalue weighted by atomic mass is 16.7. The van der Waals surface area contributed by atoms with Crippen molar-refractivity contribution in [3.8, 4) is 11.5 Å². The first kappa shape index (κ1) is 15.7. The molecule has 4 rings (SSSR count). The van der Waals surface area contributed by atoms with E-state index in [1.54, 1.807) is 6.07 Å². The van der Waals surface area contributed by atoms with Crippen molar-refractivity contribution in [1.29, 1.82) is 0 Å². The van der Waals surface area contributed by atoms with Crippen molar-refractivity contribution >= 4 is 11.7 Å². The first-order valence-electron chi connectivity index (χ1n) is 8.53. The summed E-state index contributed by atoms with van der Waals surface area (Å²) in [5.74, 6) is 2.06. The van der Waals surface area contributed by atoms with Gasteiger partial charge in [0.1, 0.15) is 17.8 Å². The molecule has 0 radical (unpaired) electrons. The first-order valence-corrected chi connectivity index (χ1v) is 8.53. The summed E-state index contributed by atoms with van der Waals surface area (Å²) in [5, 5.41) is 2.89. The number of piperidine rings is 1. The number of carbonyl (C=O) groups is 1. The third kappa shape index (κ3) is 3.50. The molecule has 0 unspecified atom stereocenters. The van der Waals surface area contributed by atoms with E-state index in [1.807, 2.05) is 18.2 Å². The van der Waals surface area contributed by atoms with Crippen LogP contribution in [0.25, 0.3) is 0 Å². The Morgan fingerprint density at radius 2 is 1.92 bits per heavy atom. The maximum absolute atomic E-state index is 12.4. The van der Waals surface area contributed by atoms with Gasteiger partial charge in [-0.1, -0.05) is 6.07 Å². The Kier molecular flexibility index (Phi) is 4.37. The molecule has 2 aromatic rings. The van der Waals surface area contributed by atoms with Gasteiger partial charge in [0, 0.05) is 25.7 Å². The molecule has 0 bridgehead atoms. The van der Waals surface area contributed by atoms with Gasteiger partial charge in [-0.05, 0) is 37.0 Å². The van der Waals surface area contributed by atoms with Crippen LogP contribution in [0.4, 0.5) is 5.82 Å². The number of carbonyl (C=O) groups excluding carboxylic acids is 1. The number of amides is 1. The van der Waals surface area contributed by atoms with Crippen LogP contribution in [0.3, 0.4) is 0 Å². The van der Waals surface area contributed by atoms with Crippen LogP contribution < -0.4 is 19.7 Å². The van der Waals surface area contributed by atoms with Crippen LogP contribution in [0, 0.1) is 0 Å². The van der Waals surface area contributed by atoms with Gasteiger partial charge in [-0.2, -0.15) is 0 Å². The summed E-state index contributed by atoms with van der Waals surface area (Å²) in [4.78, 5) is 23.0. The van der Waals surface area contributed by atoms with Crippen molar-refractivity contribution in [2.45, 2.75) is 25.8 Å². The molecular weight excluding hydrogens is 320 g/mol. The number of benzene rings is 1. The number of hydrogen-bond donors (Lipinski definition) is 1. The number of fused-ring (bicyclic) bond motifs is 1. The molecule has 7 heteroatoms. The Morgan fingerprint density at radius 1 is 1.08 bits per heavy atom. The number of nitrogens with one attached hydrogen (secondary N) is 1. The summed E-state index contributed by atoms with van der Waals surface area (Å²) >= 11 is 0. The molecular formula is C18H20N4O3. The zero-order valence-electron chi connectivity index (χ0n) is 13.9. The highest BCUT2D eigenvalue weighted by Crippen LogP contribution is 2.32. The Balaban J connectivity index is 1.41. The lowest BCUT2D eigenvalue weighted by Gasteiger charge is -2.27. The van der Waals surface area contributed by atoms with E-state index in [9.17, 15) is 4.79 Å². The van der Waals surface area contributed by atoms with E-state index < -0.39 is 0 Å². The minimum absolute atomic E-state index is 0.210. The molecule has 0 aliphatic carbocycles. The van der Waals surface area contributed by atoms with Crippen LogP contribution in [0.5, 0.6) is 11.5 Å². The van der Waals surface area contributed by atoms with Gasteiger partial charge < -0.3 is 19.7 Å². The maximum Gasteiger partial charge on any atom is 0.270 e. The molecule has 1 amide bonds. The van der Waals surface area contributed by atoms with Gasteiger partial charge in [-0.25, -0.2) is 9.97 Å². The number of ether oxygens (including phenoxy) is 2. The molecule has 1 aromatic carbocycles. The Labute approximate surface area is 146 Å². The number of anilines is 1. The summed E-state index contributed by atoms with van der Waals surface area (Å²) < 4.78 is 10.6. The number of hydrogen-bond acceptors (Lipinski definition) is 6. The van der Waals surface area contributed by atoms with Crippen molar-refractivity contribution in [2.24, 2.45) is 0 Å². The SMILES string of the molecule is O=C(NCc1ccc2c(c1)OCO2)c1cc(N2CCCCC2)ncn1. The standard InChI is InChI=1S/C18H20N4O3/c23-18(19-10-13-4-5-15-16(8-13)25-12-24-15)14-9-17(21-11-20-14)22-6-2-1-3-7-22/h4-5,8-9,11H,1-3,6-7,10,12H2,(H,19,23). The molecule has 1 N–H and O–H groups in total. The summed E-state index contributed by atoms with van der Waals surface area (Å²) in [6.45, 7) is 2.61. The van der Waals surface area contributed by atoms with Gasteiger partial charge in [0.2, 0.25) is 6.79 Å². The van der Waals surface area contributed by atoms with E-state index in [0.717, 1.165) is 43.1 Å². The highest BCUT2D eigenvalue weighted by Gasteiger charge is 2.16. The van der Waals surface area contributed by atoms with Crippen molar-refractivity contribution in [3.05, 3.63) is 41.9 Å². The predicted molar refractivity (Wildman–Crippen MR) is 91.8 cm³/mol. The summed E-state index contributed by atoms with van der Waals surface area (Å²) in [7, 11) is 0. The van der Waals surface area contributed by atoms with E-state index >= 15 is 0 Å². The lowest BCUT2D eigenvalue weighted by atomic mass is 10.1. The van der Waals surface area contributed by atoms with Crippen LogP contribution in [0.2, 0.25) is 0 Å². The Bertz CT molecular complexity index is 775. The van der Waals surface area contributed by atoms with Gasteiger partial charge >= 0.3 is 0 Å². The predicted octanol–water partition coefficient (Wildman–Crippen LogP) is 2.13. The molecule has 0 spiro atoms. The fraction of sp³-hybridized carbons (Fsp3) is 0.389. The zero-order chi connectivity index (χ0) is 17.1. The minimum atomic E-state index is -0.210. The molecule has 7 nitrogen and oxygen atoms in total. The molecule has 1 aromatic heterocycles. The quantitative estimate of drug-likeness (QED) is 0.919. The summed E-state index contributed by atoms with van der Waals surface area (Å²) in [6, 6.07) is 7.40. The lowest BCUT2D eigenvalue weighted by Crippen LogP contribution is -2.31. The van der Waals surface area contributed by atoms with Gasteiger partial charge in [0.15, 0.2) is 11.5 Å². The molecule has 1 saturated heterocycles. The fourth-order valence-electron chi connectivity index (χ4n) is 3.09. The average Bonchev–Trinajstić information content (AvgIpc) is 3.15. The number of nitrogens with zero attached hydrogens (tertiary/aromatic N) is 3. The van der Waals surface area contributed by atoms with Gasteiger partial charge in [-0.15, -0.1) is 0 Å². The van der Waals surface area contributed by atoms with Crippen molar-refractivity contribution in [3.63, 3.8) is 0 Å². The van der Waals surface area contributed by atoms with Crippen molar-refractivity contribution < 1.29 is 14.3 Å². The van der Waals surface area contributed by atoms with E-state index in [2.05, 4.69) is 20.2 Å². The molecule has 1 fully saturated rings. The van der Waals surface area contributed by atoms with Crippen LogP contribution in [-0.2, 0) is 6.54 Å². The molecule has 2 aliphatic heterocycles. The zero-order valence-corrected chi connectivity index (χ0v) is 13.9. The Hall–Kier alpha value is -2.83. The molecule has 130 valence electrons. The second-order valence-electron chi connectivity index (χ2n) is 6.18. The molecule has 3 heterocycles. The third-order valence-electron chi connectivity index (χ3n) is 4.46. The lowest BCUT2D eigenvalue weighted by molar-refractivity contribution is 0.0945. The smallest absolute Gasteiger partial charge is 0.270 e. The summed E-state index contributed by atoms with van der Waals surface area (Å²) in [6.07, 6.45) is 5.04. The van der Waals surface area contributed by atoms with Crippen LogP contribution >= 0.6 is 0 Å².